The molecule has 0 bridgehead atoms. The Kier molecular flexibility index (Phi) is 5.77. The first kappa shape index (κ1) is 16.7. The summed E-state index contributed by atoms with van der Waals surface area (Å²) in [6.45, 7) is 0.743. The van der Waals surface area contributed by atoms with E-state index in [4.69, 9.17) is 11.6 Å². The van der Waals surface area contributed by atoms with Crippen LogP contribution in [0.3, 0.4) is 0 Å². The van der Waals surface area contributed by atoms with Gasteiger partial charge in [0.1, 0.15) is 5.82 Å². The lowest BCUT2D eigenvalue weighted by atomic mass is 10.2. The highest BCUT2D eigenvalue weighted by Crippen LogP contribution is 2.20. The third-order valence-corrected chi connectivity index (χ3v) is 4.23. The van der Waals surface area contributed by atoms with E-state index in [9.17, 15) is 14.0 Å². The van der Waals surface area contributed by atoms with E-state index < -0.39 is 5.82 Å². The molecule has 120 valence electrons. The molecule has 0 N–H and O–H groups in total. The molecule has 1 aliphatic heterocycles. The van der Waals surface area contributed by atoms with Gasteiger partial charge < -0.3 is 9.80 Å². The molecule has 1 heterocycles. The Morgan fingerprint density at radius 2 is 2.14 bits per heavy atom. The average Bonchev–Trinajstić information content (AvgIpc) is 2.68. The van der Waals surface area contributed by atoms with Crippen molar-refractivity contribution in [1.29, 1.82) is 0 Å². The standard InChI is InChI=1S/C16H20ClFN2O2/c1-19(10-12-13(17)6-5-7-14(12)18)16(22)11-20-9-4-2-3-8-15(20)21/h5-7H,2-4,8-11H2,1H3. The van der Waals surface area contributed by atoms with Crippen LogP contribution in [0.2, 0.25) is 5.02 Å². The number of hydrogen-bond acceptors (Lipinski definition) is 2. The maximum Gasteiger partial charge on any atom is 0.242 e. The molecule has 1 fully saturated rings. The van der Waals surface area contributed by atoms with Gasteiger partial charge in [-0.1, -0.05) is 24.1 Å². The summed E-state index contributed by atoms with van der Waals surface area (Å²) < 4.78 is 13.8. The molecule has 1 saturated heterocycles. The van der Waals surface area contributed by atoms with E-state index in [1.807, 2.05) is 0 Å². The van der Waals surface area contributed by atoms with E-state index >= 15 is 0 Å². The van der Waals surface area contributed by atoms with Crippen molar-refractivity contribution in [1.82, 2.24) is 9.80 Å². The lowest BCUT2D eigenvalue weighted by molar-refractivity contribution is -0.139. The van der Waals surface area contributed by atoms with Crippen molar-refractivity contribution in [3.8, 4) is 0 Å². The second-order valence-corrected chi connectivity index (χ2v) is 5.98. The number of carbonyl (C=O) groups excluding carboxylic acids is 2. The van der Waals surface area contributed by atoms with Gasteiger partial charge in [-0.2, -0.15) is 0 Å². The number of benzene rings is 1. The molecule has 0 aliphatic carbocycles. The highest BCUT2D eigenvalue weighted by molar-refractivity contribution is 6.31. The predicted molar refractivity (Wildman–Crippen MR) is 82.9 cm³/mol. The van der Waals surface area contributed by atoms with E-state index in [0.29, 0.717) is 23.6 Å². The molecule has 0 atom stereocenters. The second kappa shape index (κ2) is 7.58. The van der Waals surface area contributed by atoms with Crippen molar-refractivity contribution in [3.05, 3.63) is 34.6 Å². The second-order valence-electron chi connectivity index (χ2n) is 5.58. The van der Waals surface area contributed by atoms with Crippen LogP contribution < -0.4 is 0 Å². The minimum Gasteiger partial charge on any atom is -0.340 e. The molecule has 2 rings (SSSR count). The largest absolute Gasteiger partial charge is 0.340 e. The highest BCUT2D eigenvalue weighted by atomic mass is 35.5. The molecule has 0 aromatic heterocycles. The van der Waals surface area contributed by atoms with Gasteiger partial charge in [0.2, 0.25) is 11.8 Å². The zero-order valence-electron chi connectivity index (χ0n) is 12.6. The quantitative estimate of drug-likeness (QED) is 0.853. The third-order valence-electron chi connectivity index (χ3n) is 3.88. The summed E-state index contributed by atoms with van der Waals surface area (Å²) in [7, 11) is 1.59. The van der Waals surface area contributed by atoms with Gasteiger partial charge in [0.05, 0.1) is 6.54 Å². The van der Waals surface area contributed by atoms with Crippen molar-refractivity contribution in [2.24, 2.45) is 0 Å². The van der Waals surface area contributed by atoms with Crippen molar-refractivity contribution in [3.63, 3.8) is 0 Å². The zero-order chi connectivity index (χ0) is 16.1. The molecule has 6 heteroatoms. The minimum absolute atomic E-state index is 0.0168. The van der Waals surface area contributed by atoms with Gasteiger partial charge in [-0.05, 0) is 25.0 Å². The fraction of sp³-hybridized carbons (Fsp3) is 0.500. The van der Waals surface area contributed by atoms with Crippen LogP contribution in [0.25, 0.3) is 0 Å². The number of likely N-dealkylation sites (N-methyl/N-ethyl adjacent to an activating group) is 1. The van der Waals surface area contributed by atoms with Gasteiger partial charge in [0, 0.05) is 37.1 Å². The first-order valence-corrected chi connectivity index (χ1v) is 7.81. The Morgan fingerprint density at radius 3 is 2.86 bits per heavy atom. The lowest BCUT2D eigenvalue weighted by Gasteiger charge is -2.24. The topological polar surface area (TPSA) is 40.6 Å². The molecule has 1 aromatic rings. The van der Waals surface area contributed by atoms with Crippen LogP contribution >= 0.6 is 11.6 Å². The molecular weight excluding hydrogens is 307 g/mol. The summed E-state index contributed by atoms with van der Waals surface area (Å²) in [5.41, 5.74) is 0.294. The van der Waals surface area contributed by atoms with Gasteiger partial charge in [-0.15, -0.1) is 0 Å². The number of halogens is 2. The summed E-state index contributed by atoms with van der Waals surface area (Å²) in [5.74, 6) is -0.629. The Hall–Kier alpha value is -1.62. The van der Waals surface area contributed by atoms with Crippen LogP contribution in [-0.2, 0) is 16.1 Å². The summed E-state index contributed by atoms with van der Waals surface area (Å²) in [6, 6.07) is 4.44. The van der Waals surface area contributed by atoms with Crippen LogP contribution in [0, 0.1) is 5.82 Å². The predicted octanol–water partition coefficient (Wildman–Crippen LogP) is 2.84. The molecule has 0 radical (unpaired) electrons. The van der Waals surface area contributed by atoms with Crippen molar-refractivity contribution in [2.45, 2.75) is 32.2 Å². The van der Waals surface area contributed by atoms with E-state index in [0.717, 1.165) is 19.3 Å². The fourth-order valence-electron chi connectivity index (χ4n) is 2.50. The van der Waals surface area contributed by atoms with Crippen molar-refractivity contribution >= 4 is 23.4 Å². The number of rotatable bonds is 4. The van der Waals surface area contributed by atoms with Gasteiger partial charge in [0.25, 0.3) is 0 Å². The number of likely N-dealkylation sites (tertiary alicyclic amines) is 1. The summed E-state index contributed by atoms with van der Waals surface area (Å²) in [6.07, 6.45) is 3.30. The first-order chi connectivity index (χ1) is 10.5. The zero-order valence-corrected chi connectivity index (χ0v) is 13.4. The summed E-state index contributed by atoms with van der Waals surface area (Å²) in [5, 5.41) is 0.297. The molecule has 0 saturated carbocycles. The van der Waals surface area contributed by atoms with Crippen LogP contribution in [0.4, 0.5) is 4.39 Å². The normalized spacial score (nSPS) is 15.6. The summed E-state index contributed by atoms with van der Waals surface area (Å²) >= 11 is 5.97. The van der Waals surface area contributed by atoms with Crippen LogP contribution in [0.5, 0.6) is 0 Å². The monoisotopic (exact) mass is 326 g/mol. The van der Waals surface area contributed by atoms with E-state index in [1.54, 1.807) is 18.0 Å². The SMILES string of the molecule is CN(Cc1c(F)cccc1Cl)C(=O)CN1CCCCCC1=O. The minimum atomic E-state index is -0.432. The number of nitrogens with zero attached hydrogens (tertiary/aromatic N) is 2. The first-order valence-electron chi connectivity index (χ1n) is 7.43. The molecular formula is C16H20ClFN2O2. The fourth-order valence-corrected chi connectivity index (χ4v) is 2.72. The molecule has 1 aromatic carbocycles. The van der Waals surface area contributed by atoms with Gasteiger partial charge in [-0.3, -0.25) is 9.59 Å². The van der Waals surface area contributed by atoms with Gasteiger partial charge >= 0.3 is 0 Å². The molecule has 4 nitrogen and oxygen atoms in total. The molecule has 0 unspecified atom stereocenters. The van der Waals surface area contributed by atoms with Crippen LogP contribution in [0.1, 0.15) is 31.2 Å². The molecule has 0 spiro atoms. The van der Waals surface area contributed by atoms with Gasteiger partial charge in [-0.25, -0.2) is 4.39 Å². The smallest absolute Gasteiger partial charge is 0.242 e. The molecule has 2 amide bonds. The third kappa shape index (κ3) is 4.19. The Bertz CT molecular complexity index is 545. The Balaban J connectivity index is 1.98. The number of amides is 2. The van der Waals surface area contributed by atoms with E-state index in [-0.39, 0.29) is 24.9 Å². The van der Waals surface area contributed by atoms with Gasteiger partial charge in [0.15, 0.2) is 0 Å². The maximum atomic E-state index is 13.8. The number of hydrogen-bond donors (Lipinski definition) is 0. The van der Waals surface area contributed by atoms with E-state index in [2.05, 4.69) is 0 Å². The summed E-state index contributed by atoms with van der Waals surface area (Å²) in [4.78, 5) is 27.2. The molecule has 1 aliphatic rings. The van der Waals surface area contributed by atoms with Crippen molar-refractivity contribution in [2.75, 3.05) is 20.1 Å². The highest BCUT2D eigenvalue weighted by Gasteiger charge is 2.22. The van der Waals surface area contributed by atoms with Crippen LogP contribution in [0.15, 0.2) is 18.2 Å². The van der Waals surface area contributed by atoms with Crippen molar-refractivity contribution < 1.29 is 14.0 Å². The van der Waals surface area contributed by atoms with E-state index in [1.165, 1.54) is 17.0 Å². The maximum absolute atomic E-state index is 13.8. The van der Waals surface area contributed by atoms with Crippen LogP contribution in [-0.4, -0.2) is 41.8 Å². The average molecular weight is 327 g/mol. The number of carbonyl (C=O) groups is 2. The Morgan fingerprint density at radius 1 is 1.36 bits per heavy atom. The Labute approximate surface area is 134 Å². The molecule has 22 heavy (non-hydrogen) atoms. The lowest BCUT2D eigenvalue weighted by Crippen LogP contribution is -2.41.